The maximum atomic E-state index is 12.6. The molecule has 0 saturated carbocycles. The third kappa shape index (κ3) is 2.58. The summed E-state index contributed by atoms with van der Waals surface area (Å²) in [7, 11) is -3.56. The van der Waals surface area contributed by atoms with Crippen LogP contribution in [0.15, 0.2) is 29.2 Å². The van der Waals surface area contributed by atoms with E-state index < -0.39 is 15.8 Å². The van der Waals surface area contributed by atoms with Crippen molar-refractivity contribution >= 4 is 10.0 Å². The number of nitrogens with one attached hydrogen (secondary N) is 1. The molecule has 88 valence electrons. The van der Waals surface area contributed by atoms with Crippen LogP contribution in [0.2, 0.25) is 0 Å². The van der Waals surface area contributed by atoms with Gasteiger partial charge in [0.25, 0.3) is 0 Å². The first-order chi connectivity index (χ1) is 7.58. The van der Waals surface area contributed by atoms with Crippen LogP contribution < -0.4 is 4.72 Å². The van der Waals surface area contributed by atoms with Gasteiger partial charge in [0.15, 0.2) is 0 Å². The van der Waals surface area contributed by atoms with Crippen LogP contribution in [-0.2, 0) is 14.8 Å². The summed E-state index contributed by atoms with van der Waals surface area (Å²) in [6, 6.07) is 4.55. The zero-order valence-electron chi connectivity index (χ0n) is 8.52. The molecule has 1 aliphatic rings. The molecule has 1 aliphatic heterocycles. The Morgan fingerprint density at radius 3 is 2.56 bits per heavy atom. The highest BCUT2D eigenvalue weighted by Crippen LogP contribution is 2.12. The average molecular weight is 245 g/mol. The SMILES string of the molecule is O=S(=O)(NC1CCOC1)c1ccc(F)cc1. The van der Waals surface area contributed by atoms with E-state index in [0.29, 0.717) is 19.6 Å². The van der Waals surface area contributed by atoms with Gasteiger partial charge >= 0.3 is 0 Å². The number of halogens is 1. The summed E-state index contributed by atoms with van der Waals surface area (Å²) >= 11 is 0. The normalized spacial score (nSPS) is 21.2. The fourth-order valence-electron chi connectivity index (χ4n) is 1.53. The molecule has 1 aromatic rings. The fourth-order valence-corrected chi connectivity index (χ4v) is 2.78. The number of hydrogen-bond acceptors (Lipinski definition) is 3. The van der Waals surface area contributed by atoms with Gasteiger partial charge < -0.3 is 4.74 Å². The maximum absolute atomic E-state index is 12.6. The topological polar surface area (TPSA) is 55.4 Å². The molecular formula is C10H12FNO3S. The number of benzene rings is 1. The lowest BCUT2D eigenvalue weighted by Gasteiger charge is -2.11. The van der Waals surface area contributed by atoms with E-state index in [0.717, 1.165) is 12.1 Å². The lowest BCUT2D eigenvalue weighted by atomic mass is 10.3. The molecule has 6 heteroatoms. The van der Waals surface area contributed by atoms with Crippen LogP contribution in [-0.4, -0.2) is 27.7 Å². The van der Waals surface area contributed by atoms with Crippen LogP contribution in [0.5, 0.6) is 0 Å². The van der Waals surface area contributed by atoms with Gasteiger partial charge in [0.2, 0.25) is 10.0 Å². The van der Waals surface area contributed by atoms with Crippen molar-refractivity contribution in [3.05, 3.63) is 30.1 Å². The van der Waals surface area contributed by atoms with Crippen LogP contribution in [0.3, 0.4) is 0 Å². The van der Waals surface area contributed by atoms with E-state index in [9.17, 15) is 12.8 Å². The minimum Gasteiger partial charge on any atom is -0.380 e. The lowest BCUT2D eigenvalue weighted by molar-refractivity contribution is 0.192. The van der Waals surface area contributed by atoms with E-state index in [4.69, 9.17) is 4.74 Å². The van der Waals surface area contributed by atoms with Crippen molar-refractivity contribution in [2.24, 2.45) is 0 Å². The van der Waals surface area contributed by atoms with E-state index in [2.05, 4.69) is 4.72 Å². The van der Waals surface area contributed by atoms with Gasteiger partial charge in [-0.05, 0) is 30.7 Å². The van der Waals surface area contributed by atoms with Gasteiger partial charge in [-0.2, -0.15) is 0 Å². The van der Waals surface area contributed by atoms with Gasteiger partial charge in [0, 0.05) is 12.6 Å². The molecule has 1 heterocycles. The van der Waals surface area contributed by atoms with Gasteiger partial charge in [-0.3, -0.25) is 0 Å². The van der Waals surface area contributed by atoms with Gasteiger partial charge in [-0.15, -0.1) is 0 Å². The molecule has 0 aromatic heterocycles. The van der Waals surface area contributed by atoms with Crippen molar-refractivity contribution in [3.63, 3.8) is 0 Å². The molecule has 16 heavy (non-hydrogen) atoms. The second-order valence-corrected chi connectivity index (χ2v) is 5.35. The Labute approximate surface area is 93.5 Å². The zero-order valence-corrected chi connectivity index (χ0v) is 9.34. The fraction of sp³-hybridized carbons (Fsp3) is 0.400. The minimum absolute atomic E-state index is 0.0702. The van der Waals surface area contributed by atoms with Crippen LogP contribution in [0.4, 0.5) is 4.39 Å². The smallest absolute Gasteiger partial charge is 0.240 e. The molecular weight excluding hydrogens is 233 g/mol. The average Bonchev–Trinajstić information content (AvgIpc) is 2.70. The van der Waals surface area contributed by atoms with Crippen molar-refractivity contribution < 1.29 is 17.5 Å². The second-order valence-electron chi connectivity index (χ2n) is 3.64. The maximum Gasteiger partial charge on any atom is 0.240 e. The Kier molecular flexibility index (Phi) is 3.22. The standard InChI is InChI=1S/C10H12FNO3S/c11-8-1-3-10(4-2-8)16(13,14)12-9-5-6-15-7-9/h1-4,9,12H,5-7H2. The number of rotatable bonds is 3. The number of hydrogen-bond donors (Lipinski definition) is 1. The number of ether oxygens (including phenoxy) is 1. The third-order valence-corrected chi connectivity index (χ3v) is 3.91. The molecule has 0 bridgehead atoms. The summed E-state index contributed by atoms with van der Waals surface area (Å²) in [5.41, 5.74) is 0. The number of sulfonamides is 1. The first kappa shape index (κ1) is 11.5. The Morgan fingerprint density at radius 2 is 2.00 bits per heavy atom. The zero-order chi connectivity index (χ0) is 11.6. The Balaban J connectivity index is 2.14. The monoisotopic (exact) mass is 245 g/mol. The summed E-state index contributed by atoms with van der Waals surface area (Å²) in [4.78, 5) is 0.0702. The molecule has 2 rings (SSSR count). The molecule has 0 radical (unpaired) electrons. The van der Waals surface area contributed by atoms with E-state index in [1.54, 1.807) is 0 Å². The van der Waals surface area contributed by atoms with Gasteiger partial charge in [0.05, 0.1) is 11.5 Å². The van der Waals surface area contributed by atoms with Crippen LogP contribution in [0.25, 0.3) is 0 Å². The predicted molar refractivity (Wildman–Crippen MR) is 55.9 cm³/mol. The highest BCUT2D eigenvalue weighted by molar-refractivity contribution is 7.89. The highest BCUT2D eigenvalue weighted by Gasteiger charge is 2.23. The molecule has 1 aromatic carbocycles. The molecule has 1 saturated heterocycles. The van der Waals surface area contributed by atoms with E-state index in [-0.39, 0.29) is 10.9 Å². The van der Waals surface area contributed by atoms with Crippen LogP contribution in [0, 0.1) is 5.82 Å². The lowest BCUT2D eigenvalue weighted by Crippen LogP contribution is -2.34. The summed E-state index contributed by atoms with van der Waals surface area (Å²) in [6.07, 6.45) is 0.667. The van der Waals surface area contributed by atoms with E-state index in [1.807, 2.05) is 0 Å². The van der Waals surface area contributed by atoms with Crippen molar-refractivity contribution in [1.82, 2.24) is 4.72 Å². The minimum atomic E-state index is -3.56. The summed E-state index contributed by atoms with van der Waals surface area (Å²) in [6.45, 7) is 0.955. The molecule has 1 unspecified atom stereocenters. The molecule has 4 nitrogen and oxygen atoms in total. The highest BCUT2D eigenvalue weighted by atomic mass is 32.2. The largest absolute Gasteiger partial charge is 0.380 e. The first-order valence-electron chi connectivity index (χ1n) is 4.93. The Bertz CT molecular complexity index is 451. The molecule has 0 amide bonds. The third-order valence-electron chi connectivity index (χ3n) is 2.38. The molecule has 1 fully saturated rings. The molecule has 0 aliphatic carbocycles. The van der Waals surface area contributed by atoms with E-state index in [1.165, 1.54) is 12.1 Å². The Morgan fingerprint density at radius 1 is 1.31 bits per heavy atom. The van der Waals surface area contributed by atoms with Crippen molar-refractivity contribution in [2.45, 2.75) is 17.4 Å². The van der Waals surface area contributed by atoms with Crippen LogP contribution >= 0.6 is 0 Å². The van der Waals surface area contributed by atoms with Crippen molar-refractivity contribution in [2.75, 3.05) is 13.2 Å². The van der Waals surface area contributed by atoms with Gasteiger partial charge in [-0.1, -0.05) is 0 Å². The van der Waals surface area contributed by atoms with E-state index >= 15 is 0 Å². The quantitative estimate of drug-likeness (QED) is 0.860. The summed E-state index contributed by atoms with van der Waals surface area (Å²) in [5, 5.41) is 0. The molecule has 1 atom stereocenters. The van der Waals surface area contributed by atoms with Gasteiger partial charge in [-0.25, -0.2) is 17.5 Å². The van der Waals surface area contributed by atoms with Gasteiger partial charge in [0.1, 0.15) is 5.82 Å². The Hall–Kier alpha value is -0.980. The summed E-state index contributed by atoms with van der Waals surface area (Å²) < 4.78 is 43.9. The summed E-state index contributed by atoms with van der Waals surface area (Å²) in [5.74, 6) is -0.455. The van der Waals surface area contributed by atoms with Crippen molar-refractivity contribution in [1.29, 1.82) is 0 Å². The van der Waals surface area contributed by atoms with Crippen molar-refractivity contribution in [3.8, 4) is 0 Å². The first-order valence-corrected chi connectivity index (χ1v) is 6.42. The molecule has 0 spiro atoms. The molecule has 1 N–H and O–H groups in total. The predicted octanol–water partition coefficient (Wildman–Crippen LogP) is 0.893. The second kappa shape index (κ2) is 4.48. The van der Waals surface area contributed by atoms with Crippen LogP contribution in [0.1, 0.15) is 6.42 Å².